The van der Waals surface area contributed by atoms with Crippen molar-refractivity contribution in [3.63, 3.8) is 0 Å². The van der Waals surface area contributed by atoms with E-state index >= 15 is 0 Å². The summed E-state index contributed by atoms with van der Waals surface area (Å²) < 4.78 is 16.5. The smallest absolute Gasteiger partial charge is 0.306 e. The molecule has 0 aliphatic heterocycles. The Bertz CT molecular complexity index is 1100. The van der Waals surface area contributed by atoms with E-state index in [-0.39, 0.29) is 31.1 Å². The molecule has 0 aromatic carbocycles. The van der Waals surface area contributed by atoms with Gasteiger partial charge in [0.2, 0.25) is 0 Å². The van der Waals surface area contributed by atoms with Crippen LogP contribution in [-0.4, -0.2) is 37.2 Å². The summed E-state index contributed by atoms with van der Waals surface area (Å²) >= 11 is 0. The average Bonchev–Trinajstić information content (AvgIpc) is 3.21. The minimum Gasteiger partial charge on any atom is -0.462 e. The largest absolute Gasteiger partial charge is 0.462 e. The molecule has 0 N–H and O–H groups in total. The molecule has 0 saturated heterocycles. The molecule has 0 saturated carbocycles. The second-order valence-corrected chi connectivity index (χ2v) is 15.3. The molecule has 1 unspecified atom stereocenters. The lowest BCUT2D eigenvalue weighted by Gasteiger charge is -2.18. The zero-order valence-corrected chi connectivity index (χ0v) is 37.1. The first kappa shape index (κ1) is 53.9. The van der Waals surface area contributed by atoms with Gasteiger partial charge in [0.15, 0.2) is 6.10 Å². The number of allylic oxidation sites excluding steroid dienone is 12. The van der Waals surface area contributed by atoms with Crippen LogP contribution < -0.4 is 0 Å². The molecule has 0 aromatic rings. The van der Waals surface area contributed by atoms with Gasteiger partial charge >= 0.3 is 17.9 Å². The minimum atomic E-state index is -0.769. The number of hydrogen-bond acceptors (Lipinski definition) is 6. The lowest BCUT2D eigenvalue weighted by molar-refractivity contribution is -0.167. The van der Waals surface area contributed by atoms with Crippen molar-refractivity contribution in [3.05, 3.63) is 72.9 Å². The summed E-state index contributed by atoms with van der Waals surface area (Å²) in [7, 11) is 0. The summed E-state index contributed by atoms with van der Waals surface area (Å²) in [4.78, 5) is 37.3. The van der Waals surface area contributed by atoms with Crippen molar-refractivity contribution < 1.29 is 28.6 Å². The maximum atomic E-state index is 12.5. The molecule has 1 atom stereocenters. The van der Waals surface area contributed by atoms with E-state index < -0.39 is 6.10 Å². The number of carbonyl (C=O) groups excluding carboxylic acids is 3. The normalized spacial score (nSPS) is 12.7. The molecule has 0 heterocycles. The third kappa shape index (κ3) is 43.8. The first-order valence-corrected chi connectivity index (χ1v) is 23.4. The summed E-state index contributed by atoms with van der Waals surface area (Å²) in [6.07, 6.45) is 56.6. The summed E-state index contributed by atoms with van der Waals surface area (Å²) in [6, 6.07) is 0. The van der Waals surface area contributed by atoms with E-state index in [1.807, 2.05) is 0 Å². The fourth-order valence-corrected chi connectivity index (χ4v) is 6.21. The van der Waals surface area contributed by atoms with Gasteiger partial charge in [-0.15, -0.1) is 0 Å². The lowest BCUT2D eigenvalue weighted by atomic mass is 10.1. The SMILES string of the molecule is CC/C=C\C/C=C\C/C=C\C/C=C\C/C=C\C/C=C\CCCCCCCCCCC(=O)OCC(COC(=O)CCCCCCC)OC(=O)CCCCCCCCC. The second kappa shape index (κ2) is 45.6. The van der Waals surface area contributed by atoms with Crippen molar-refractivity contribution in [2.75, 3.05) is 13.2 Å². The van der Waals surface area contributed by atoms with Crippen LogP contribution in [0.3, 0.4) is 0 Å². The van der Waals surface area contributed by atoms with E-state index in [1.165, 1.54) is 64.2 Å². The highest BCUT2D eigenvalue weighted by atomic mass is 16.6. The highest BCUT2D eigenvalue weighted by Crippen LogP contribution is 2.13. The van der Waals surface area contributed by atoms with Crippen molar-refractivity contribution in [3.8, 4) is 0 Å². The molecule has 0 bridgehead atoms. The quantitative estimate of drug-likeness (QED) is 0.0265. The molecule has 326 valence electrons. The van der Waals surface area contributed by atoms with Crippen molar-refractivity contribution in [2.24, 2.45) is 0 Å². The third-order valence-corrected chi connectivity index (χ3v) is 9.73. The van der Waals surface area contributed by atoms with E-state index in [0.717, 1.165) is 109 Å². The molecule has 0 aliphatic rings. The molecule has 0 rings (SSSR count). The van der Waals surface area contributed by atoms with Gasteiger partial charge in [0, 0.05) is 19.3 Å². The standard InChI is InChI=1S/C51H86O6/c1-4-7-10-13-15-16-17-18-19-20-21-22-23-24-25-26-27-28-29-30-31-32-33-34-36-38-41-44-50(53)56-47-48(46-55-49(52)43-40-37-12-9-6-3)57-51(54)45-42-39-35-14-11-8-5-2/h7,10,15-16,18-19,21-22,24-25,27-28,48H,4-6,8-9,11-14,17,20,23,26,29-47H2,1-3H3/b10-7-,16-15-,19-18-,22-21-,25-24-,28-27-. The van der Waals surface area contributed by atoms with Gasteiger partial charge < -0.3 is 14.2 Å². The Hall–Kier alpha value is -3.15. The molecular weight excluding hydrogens is 709 g/mol. The van der Waals surface area contributed by atoms with Crippen LogP contribution in [0, 0.1) is 0 Å². The van der Waals surface area contributed by atoms with Crippen LogP contribution in [0.25, 0.3) is 0 Å². The summed E-state index contributed by atoms with van der Waals surface area (Å²) in [6.45, 7) is 6.37. The second-order valence-electron chi connectivity index (χ2n) is 15.3. The number of ether oxygens (including phenoxy) is 3. The Morgan fingerprint density at radius 3 is 1.07 bits per heavy atom. The van der Waals surface area contributed by atoms with Crippen molar-refractivity contribution in [1.82, 2.24) is 0 Å². The van der Waals surface area contributed by atoms with Crippen LogP contribution in [0.2, 0.25) is 0 Å². The van der Waals surface area contributed by atoms with Crippen LogP contribution in [0.1, 0.15) is 213 Å². The first-order valence-electron chi connectivity index (χ1n) is 23.4. The Labute approximate surface area is 351 Å². The van der Waals surface area contributed by atoms with Gasteiger partial charge in [0.05, 0.1) is 0 Å². The Balaban J connectivity index is 4.02. The van der Waals surface area contributed by atoms with Gasteiger partial charge in [-0.2, -0.15) is 0 Å². The molecule has 0 amide bonds. The predicted molar refractivity (Wildman–Crippen MR) is 242 cm³/mol. The molecular formula is C51H86O6. The minimum absolute atomic E-state index is 0.0782. The first-order chi connectivity index (χ1) is 28.0. The molecule has 6 nitrogen and oxygen atoms in total. The third-order valence-electron chi connectivity index (χ3n) is 9.73. The number of carbonyl (C=O) groups is 3. The Morgan fingerprint density at radius 1 is 0.368 bits per heavy atom. The van der Waals surface area contributed by atoms with Crippen LogP contribution in [0.5, 0.6) is 0 Å². The van der Waals surface area contributed by atoms with Crippen LogP contribution in [0.15, 0.2) is 72.9 Å². The van der Waals surface area contributed by atoms with Crippen molar-refractivity contribution in [2.45, 2.75) is 219 Å². The Morgan fingerprint density at radius 2 is 0.684 bits per heavy atom. The molecule has 0 spiro atoms. The van der Waals surface area contributed by atoms with Crippen molar-refractivity contribution in [1.29, 1.82) is 0 Å². The maximum absolute atomic E-state index is 12.5. The van der Waals surface area contributed by atoms with Gasteiger partial charge in [0.25, 0.3) is 0 Å². The van der Waals surface area contributed by atoms with Gasteiger partial charge in [0.1, 0.15) is 13.2 Å². The summed E-state index contributed by atoms with van der Waals surface area (Å²) in [5.41, 5.74) is 0. The van der Waals surface area contributed by atoms with Gasteiger partial charge in [-0.1, -0.05) is 196 Å². The maximum Gasteiger partial charge on any atom is 0.306 e. The Kier molecular flexibility index (Phi) is 43.0. The monoisotopic (exact) mass is 795 g/mol. The highest BCUT2D eigenvalue weighted by molar-refractivity contribution is 5.71. The molecule has 57 heavy (non-hydrogen) atoms. The number of esters is 3. The number of rotatable bonds is 41. The van der Waals surface area contributed by atoms with E-state index in [4.69, 9.17) is 14.2 Å². The van der Waals surface area contributed by atoms with Crippen LogP contribution in [-0.2, 0) is 28.6 Å². The van der Waals surface area contributed by atoms with Gasteiger partial charge in [-0.3, -0.25) is 14.4 Å². The van der Waals surface area contributed by atoms with E-state index in [9.17, 15) is 14.4 Å². The average molecular weight is 795 g/mol. The highest BCUT2D eigenvalue weighted by Gasteiger charge is 2.19. The van der Waals surface area contributed by atoms with E-state index in [0.29, 0.717) is 19.3 Å². The molecule has 0 radical (unpaired) electrons. The number of unbranched alkanes of at least 4 members (excludes halogenated alkanes) is 18. The fraction of sp³-hybridized carbons (Fsp3) is 0.706. The summed E-state index contributed by atoms with van der Waals surface area (Å²) in [5.74, 6) is -0.912. The summed E-state index contributed by atoms with van der Waals surface area (Å²) in [5, 5.41) is 0. The molecule has 0 aliphatic carbocycles. The zero-order chi connectivity index (χ0) is 41.5. The topological polar surface area (TPSA) is 78.9 Å². The zero-order valence-electron chi connectivity index (χ0n) is 37.1. The fourth-order valence-electron chi connectivity index (χ4n) is 6.21. The van der Waals surface area contributed by atoms with E-state index in [2.05, 4.69) is 93.7 Å². The number of hydrogen-bond donors (Lipinski definition) is 0. The van der Waals surface area contributed by atoms with Crippen LogP contribution in [0.4, 0.5) is 0 Å². The van der Waals surface area contributed by atoms with Crippen molar-refractivity contribution >= 4 is 17.9 Å². The molecule has 0 aromatic heterocycles. The lowest BCUT2D eigenvalue weighted by Crippen LogP contribution is -2.30. The van der Waals surface area contributed by atoms with Gasteiger partial charge in [-0.05, 0) is 70.6 Å². The van der Waals surface area contributed by atoms with Gasteiger partial charge in [-0.25, -0.2) is 0 Å². The predicted octanol–water partition coefficient (Wildman–Crippen LogP) is 15.1. The van der Waals surface area contributed by atoms with Crippen LogP contribution >= 0.6 is 0 Å². The van der Waals surface area contributed by atoms with E-state index in [1.54, 1.807) is 0 Å². The molecule has 6 heteroatoms. The molecule has 0 fully saturated rings.